The van der Waals surface area contributed by atoms with Crippen LogP contribution < -0.4 is 0 Å². The smallest absolute Gasteiger partial charge is 0.282 e. The van der Waals surface area contributed by atoms with E-state index in [9.17, 15) is 4.79 Å². The van der Waals surface area contributed by atoms with Crippen LogP contribution in [0.25, 0.3) is 0 Å². The van der Waals surface area contributed by atoms with Crippen LogP contribution in [0.5, 0.6) is 0 Å². The Morgan fingerprint density at radius 3 is 2.54 bits per heavy atom. The Morgan fingerprint density at radius 1 is 1.29 bits per heavy atom. The predicted molar refractivity (Wildman–Crippen MR) is 94.6 cm³/mol. The number of benzene rings is 1. The van der Waals surface area contributed by atoms with Crippen molar-refractivity contribution in [2.75, 3.05) is 7.11 Å². The van der Waals surface area contributed by atoms with Crippen LogP contribution >= 0.6 is 0 Å². The molecule has 1 saturated heterocycles. The first-order chi connectivity index (χ1) is 11.5. The number of hydrogen-bond acceptors (Lipinski definition) is 3. The summed E-state index contributed by atoms with van der Waals surface area (Å²) < 4.78 is 5.23. The van der Waals surface area contributed by atoms with E-state index in [1.807, 2.05) is 30.3 Å². The van der Waals surface area contributed by atoms with Gasteiger partial charge in [0.15, 0.2) is 0 Å². The monoisotopic (exact) mass is 323 g/mol. The second-order valence-corrected chi connectivity index (χ2v) is 5.30. The number of rotatable bonds is 7. The molecular weight excluding hydrogens is 302 g/mol. The molecule has 4 nitrogen and oxygen atoms in total. The lowest BCUT2D eigenvalue weighted by molar-refractivity contribution is -0.181. The van der Waals surface area contributed by atoms with Crippen LogP contribution in [0, 0.1) is 0 Å². The van der Waals surface area contributed by atoms with Gasteiger partial charge in [0.25, 0.3) is 5.91 Å². The van der Waals surface area contributed by atoms with Gasteiger partial charge in [0.05, 0.1) is 18.4 Å². The van der Waals surface area contributed by atoms with Crippen molar-refractivity contribution in [1.82, 2.24) is 5.06 Å². The molecule has 4 heteroatoms. The maximum Gasteiger partial charge on any atom is 0.282 e. The van der Waals surface area contributed by atoms with E-state index in [1.165, 1.54) is 13.2 Å². The first-order valence-corrected chi connectivity index (χ1v) is 7.48. The standard InChI is InChI=1S/C20H21NO3/c1-6-10-18-14(2)15(3)21(20(18)22)24-19(16(4)23-5)13-17-11-8-7-9-12-17/h6-12,19H,1-4,13H2,5H3/b18-10+. The lowest BCUT2D eigenvalue weighted by Gasteiger charge is -2.25. The predicted octanol–water partition coefficient (Wildman–Crippen LogP) is 3.71. The highest BCUT2D eigenvalue weighted by molar-refractivity contribution is 6.04. The summed E-state index contributed by atoms with van der Waals surface area (Å²) in [6.07, 6.45) is 3.10. The number of amides is 1. The third kappa shape index (κ3) is 3.55. The summed E-state index contributed by atoms with van der Waals surface area (Å²) in [6, 6.07) is 9.76. The SMILES string of the molecule is C=C/C=C1\C(=C)C(=C)N(OC(Cc2ccccc2)C(=C)OC)C1=O. The van der Waals surface area contributed by atoms with Gasteiger partial charge in [0.1, 0.15) is 11.9 Å². The molecule has 0 N–H and O–H groups in total. The van der Waals surface area contributed by atoms with E-state index in [1.54, 1.807) is 6.08 Å². The fraction of sp³-hybridized carbons (Fsp3) is 0.150. The van der Waals surface area contributed by atoms with E-state index in [0.29, 0.717) is 29.0 Å². The first kappa shape index (κ1) is 17.5. The van der Waals surface area contributed by atoms with E-state index in [0.717, 1.165) is 10.6 Å². The fourth-order valence-corrected chi connectivity index (χ4v) is 2.34. The number of methoxy groups -OCH3 is 1. The molecule has 1 unspecified atom stereocenters. The lowest BCUT2D eigenvalue weighted by atomic mass is 10.1. The third-order valence-electron chi connectivity index (χ3n) is 3.74. The van der Waals surface area contributed by atoms with Crippen LogP contribution in [0.3, 0.4) is 0 Å². The Hall–Kier alpha value is -2.85. The van der Waals surface area contributed by atoms with Crippen molar-refractivity contribution in [2.24, 2.45) is 0 Å². The molecular formula is C20H21NO3. The minimum Gasteiger partial charge on any atom is -0.499 e. The normalized spacial score (nSPS) is 17.3. The molecule has 0 saturated carbocycles. The molecule has 2 rings (SSSR count). The van der Waals surface area contributed by atoms with Crippen LogP contribution in [0.15, 0.2) is 91.4 Å². The van der Waals surface area contributed by atoms with Crippen LogP contribution in [0.2, 0.25) is 0 Å². The van der Waals surface area contributed by atoms with Gasteiger partial charge in [-0.1, -0.05) is 62.7 Å². The summed E-state index contributed by atoms with van der Waals surface area (Å²) >= 11 is 0. The number of carbonyl (C=O) groups excluding carboxylic acids is 1. The molecule has 1 heterocycles. The summed E-state index contributed by atoms with van der Waals surface area (Å²) in [5.74, 6) is 0.0954. The molecule has 0 aliphatic carbocycles. The molecule has 1 aliphatic rings. The molecule has 1 aromatic carbocycles. The van der Waals surface area contributed by atoms with Gasteiger partial charge in [0.2, 0.25) is 0 Å². The first-order valence-electron chi connectivity index (χ1n) is 7.48. The van der Waals surface area contributed by atoms with Crippen molar-refractivity contribution in [2.45, 2.75) is 12.5 Å². The van der Waals surface area contributed by atoms with Crippen LogP contribution in [-0.4, -0.2) is 24.2 Å². The molecule has 24 heavy (non-hydrogen) atoms. The molecule has 0 bridgehead atoms. The molecule has 1 amide bonds. The number of allylic oxidation sites excluding steroid dienone is 3. The van der Waals surface area contributed by atoms with Crippen molar-refractivity contribution in [1.29, 1.82) is 0 Å². The summed E-state index contributed by atoms with van der Waals surface area (Å²) in [5, 5.41) is 1.15. The highest BCUT2D eigenvalue weighted by Gasteiger charge is 2.36. The average Bonchev–Trinajstić information content (AvgIpc) is 2.79. The molecule has 1 aliphatic heterocycles. The van der Waals surface area contributed by atoms with E-state index in [4.69, 9.17) is 9.57 Å². The van der Waals surface area contributed by atoms with Crippen LogP contribution in [-0.2, 0) is 20.8 Å². The van der Waals surface area contributed by atoms with Gasteiger partial charge in [-0.2, -0.15) is 5.06 Å². The molecule has 1 fully saturated rings. The number of hydrogen-bond donors (Lipinski definition) is 0. The largest absolute Gasteiger partial charge is 0.499 e. The number of ether oxygens (including phenoxy) is 1. The summed E-state index contributed by atoms with van der Waals surface area (Å²) in [7, 11) is 1.52. The van der Waals surface area contributed by atoms with Crippen molar-refractivity contribution < 1.29 is 14.4 Å². The zero-order valence-corrected chi connectivity index (χ0v) is 13.8. The van der Waals surface area contributed by atoms with Gasteiger partial charge in [0, 0.05) is 12.0 Å². The van der Waals surface area contributed by atoms with Crippen molar-refractivity contribution in [3.63, 3.8) is 0 Å². The third-order valence-corrected chi connectivity index (χ3v) is 3.74. The Labute approximate surface area is 142 Å². The van der Waals surface area contributed by atoms with Gasteiger partial charge in [-0.05, 0) is 11.6 Å². The summed E-state index contributed by atoms with van der Waals surface area (Å²) in [5.41, 5.74) is 2.37. The molecule has 0 radical (unpaired) electrons. The molecule has 124 valence electrons. The molecule has 1 atom stereocenters. The van der Waals surface area contributed by atoms with Gasteiger partial charge in [-0.15, -0.1) is 0 Å². The zero-order chi connectivity index (χ0) is 17.7. The second kappa shape index (κ2) is 7.62. The van der Waals surface area contributed by atoms with Gasteiger partial charge >= 0.3 is 0 Å². The highest BCUT2D eigenvalue weighted by Crippen LogP contribution is 2.32. The zero-order valence-electron chi connectivity index (χ0n) is 13.8. The summed E-state index contributed by atoms with van der Waals surface area (Å²) in [6.45, 7) is 15.2. The highest BCUT2D eigenvalue weighted by atomic mass is 16.7. The number of carbonyl (C=O) groups is 1. The van der Waals surface area contributed by atoms with Crippen LogP contribution in [0.4, 0.5) is 0 Å². The van der Waals surface area contributed by atoms with E-state index < -0.39 is 6.10 Å². The number of nitrogens with zero attached hydrogens (tertiary/aromatic N) is 1. The summed E-state index contributed by atoms with van der Waals surface area (Å²) in [4.78, 5) is 18.4. The molecule has 0 aromatic heterocycles. The average molecular weight is 323 g/mol. The van der Waals surface area contributed by atoms with E-state index in [-0.39, 0.29) is 5.91 Å². The minimum atomic E-state index is -0.533. The number of hydroxylamine groups is 2. The van der Waals surface area contributed by atoms with Gasteiger partial charge < -0.3 is 4.74 Å². The maximum absolute atomic E-state index is 12.5. The lowest BCUT2D eigenvalue weighted by Crippen LogP contribution is -2.32. The molecule has 0 spiro atoms. The van der Waals surface area contributed by atoms with Crippen LogP contribution in [0.1, 0.15) is 5.56 Å². The van der Waals surface area contributed by atoms with E-state index >= 15 is 0 Å². The Balaban J connectivity index is 2.23. The Kier molecular flexibility index (Phi) is 5.55. The molecule has 1 aromatic rings. The fourth-order valence-electron chi connectivity index (χ4n) is 2.34. The maximum atomic E-state index is 12.5. The minimum absolute atomic E-state index is 0.327. The Bertz CT molecular complexity index is 716. The van der Waals surface area contributed by atoms with Crippen molar-refractivity contribution in [3.05, 3.63) is 97.0 Å². The Morgan fingerprint density at radius 2 is 1.96 bits per heavy atom. The quantitative estimate of drug-likeness (QED) is 0.567. The van der Waals surface area contributed by atoms with Gasteiger partial charge in [-0.25, -0.2) is 0 Å². The van der Waals surface area contributed by atoms with Crippen molar-refractivity contribution in [3.8, 4) is 0 Å². The van der Waals surface area contributed by atoms with Gasteiger partial charge in [-0.3, -0.25) is 9.63 Å². The van der Waals surface area contributed by atoms with E-state index in [2.05, 4.69) is 26.3 Å². The second-order valence-electron chi connectivity index (χ2n) is 5.30. The van der Waals surface area contributed by atoms with Crippen molar-refractivity contribution >= 4 is 5.91 Å². The topological polar surface area (TPSA) is 38.8 Å².